The van der Waals surface area contributed by atoms with Crippen LogP contribution in [0.2, 0.25) is 0 Å². The van der Waals surface area contributed by atoms with Crippen LogP contribution >= 0.6 is 0 Å². The first-order valence-corrected chi connectivity index (χ1v) is 4.92. The van der Waals surface area contributed by atoms with Crippen molar-refractivity contribution in [2.24, 2.45) is 5.73 Å². The molecule has 90 valence electrons. The van der Waals surface area contributed by atoms with Crippen molar-refractivity contribution >= 4 is 11.6 Å². The fourth-order valence-corrected chi connectivity index (χ4v) is 1.20. The number of benzene rings is 1. The van der Waals surface area contributed by atoms with Gasteiger partial charge in [0.15, 0.2) is 0 Å². The Bertz CT molecular complexity index is 443. The average Bonchev–Trinajstić information content (AvgIpc) is 2.27. The van der Waals surface area contributed by atoms with Gasteiger partial charge >= 0.3 is 0 Å². The normalized spacial score (nSPS) is 9.65. The van der Waals surface area contributed by atoms with Gasteiger partial charge in [-0.3, -0.25) is 4.79 Å². The van der Waals surface area contributed by atoms with Crippen LogP contribution < -0.4 is 11.1 Å². The monoisotopic (exact) mass is 237 g/mol. The minimum Gasteiger partial charge on any atom is -0.383 e. The molecule has 0 heterocycles. The molecule has 0 saturated heterocycles. The van der Waals surface area contributed by atoms with Crippen LogP contribution in [0.4, 0.5) is 10.1 Å². The molecule has 1 rings (SSSR count). The van der Waals surface area contributed by atoms with Crippen LogP contribution in [0.1, 0.15) is 5.56 Å². The minimum absolute atomic E-state index is 0.145. The fourth-order valence-electron chi connectivity index (χ4n) is 1.20. The van der Waals surface area contributed by atoms with E-state index in [4.69, 9.17) is 15.7 Å². The topological polar surface area (TPSA) is 88.1 Å². The van der Waals surface area contributed by atoms with Crippen molar-refractivity contribution in [3.63, 3.8) is 0 Å². The fraction of sp³-hybridized carbons (Fsp3) is 0.273. The Kier molecular flexibility index (Phi) is 4.91. The molecule has 1 amide bonds. The summed E-state index contributed by atoms with van der Waals surface area (Å²) in [6.07, 6.45) is 0. The van der Waals surface area contributed by atoms with Crippen LogP contribution in [-0.4, -0.2) is 25.7 Å². The van der Waals surface area contributed by atoms with Crippen molar-refractivity contribution in [2.45, 2.75) is 0 Å². The molecule has 0 aliphatic rings. The van der Waals surface area contributed by atoms with Crippen LogP contribution in [0.5, 0.6) is 0 Å². The number of ether oxygens (including phenoxy) is 1. The number of carbonyl (C=O) groups is 1. The molecule has 5 nitrogen and oxygen atoms in total. The summed E-state index contributed by atoms with van der Waals surface area (Å²) in [5.74, 6) is -1.02. The van der Waals surface area contributed by atoms with Gasteiger partial charge in [-0.25, -0.2) is 4.39 Å². The lowest BCUT2D eigenvalue weighted by Gasteiger charge is -2.07. The van der Waals surface area contributed by atoms with Crippen LogP contribution in [-0.2, 0) is 9.53 Å². The van der Waals surface area contributed by atoms with E-state index in [9.17, 15) is 9.18 Å². The van der Waals surface area contributed by atoms with Gasteiger partial charge in [-0.15, -0.1) is 0 Å². The molecule has 1 aromatic rings. The molecule has 0 radical (unpaired) electrons. The number of amides is 1. The second kappa shape index (κ2) is 6.45. The summed E-state index contributed by atoms with van der Waals surface area (Å²) < 4.78 is 17.9. The molecule has 1 aromatic carbocycles. The van der Waals surface area contributed by atoms with Crippen LogP contribution in [0, 0.1) is 17.1 Å². The van der Waals surface area contributed by atoms with E-state index < -0.39 is 11.7 Å². The summed E-state index contributed by atoms with van der Waals surface area (Å²) in [6.45, 7) is 0.511. The lowest BCUT2D eigenvalue weighted by Crippen LogP contribution is -2.20. The number of nitriles is 1. The van der Waals surface area contributed by atoms with E-state index in [1.807, 2.05) is 6.07 Å². The molecule has 0 aromatic heterocycles. The molecule has 3 N–H and O–H groups in total. The average molecular weight is 237 g/mol. The number of hydrogen-bond donors (Lipinski definition) is 2. The zero-order valence-corrected chi connectivity index (χ0v) is 9.07. The Morgan fingerprint density at radius 2 is 2.29 bits per heavy atom. The standard InChI is InChI=1S/C11H12FN3O2/c12-9-3-8(6-13)4-10(5-9)15-1-2-17-7-11(14)16/h3-5,15H,1-2,7H2,(H2,14,16). The maximum atomic E-state index is 13.0. The highest BCUT2D eigenvalue weighted by Gasteiger charge is 2.00. The molecule has 0 unspecified atom stereocenters. The summed E-state index contributed by atoms with van der Waals surface area (Å²) in [6, 6.07) is 5.80. The van der Waals surface area contributed by atoms with Gasteiger partial charge in [0.05, 0.1) is 18.2 Å². The number of halogens is 1. The van der Waals surface area contributed by atoms with Crippen molar-refractivity contribution < 1.29 is 13.9 Å². The van der Waals surface area contributed by atoms with Gasteiger partial charge in [-0.1, -0.05) is 0 Å². The van der Waals surface area contributed by atoms with Gasteiger partial charge in [0.25, 0.3) is 0 Å². The van der Waals surface area contributed by atoms with Gasteiger partial charge in [0, 0.05) is 12.2 Å². The number of rotatable bonds is 6. The van der Waals surface area contributed by atoms with E-state index in [0.717, 1.165) is 6.07 Å². The number of primary amides is 1. The Balaban J connectivity index is 2.39. The molecule has 0 spiro atoms. The maximum absolute atomic E-state index is 13.0. The smallest absolute Gasteiger partial charge is 0.243 e. The van der Waals surface area contributed by atoms with Crippen LogP contribution in [0.25, 0.3) is 0 Å². The van der Waals surface area contributed by atoms with Gasteiger partial charge in [0.2, 0.25) is 5.91 Å². The molecule has 0 atom stereocenters. The van der Waals surface area contributed by atoms with Crippen LogP contribution in [0.3, 0.4) is 0 Å². The predicted octanol–water partition coefficient (Wildman–Crippen LogP) is 0.611. The van der Waals surface area contributed by atoms with E-state index >= 15 is 0 Å². The van der Waals surface area contributed by atoms with Gasteiger partial charge in [-0.2, -0.15) is 5.26 Å². The molecule has 0 bridgehead atoms. The maximum Gasteiger partial charge on any atom is 0.243 e. The number of nitrogens with two attached hydrogens (primary N) is 1. The summed E-state index contributed by atoms with van der Waals surface area (Å²) in [5.41, 5.74) is 5.60. The predicted molar refractivity (Wildman–Crippen MR) is 59.6 cm³/mol. The first-order chi connectivity index (χ1) is 8.11. The van der Waals surface area contributed by atoms with Crippen molar-refractivity contribution in [1.29, 1.82) is 5.26 Å². The van der Waals surface area contributed by atoms with E-state index in [0.29, 0.717) is 12.2 Å². The third-order valence-corrected chi connectivity index (χ3v) is 1.85. The van der Waals surface area contributed by atoms with Crippen molar-refractivity contribution in [3.05, 3.63) is 29.6 Å². The summed E-state index contributed by atoms with van der Waals surface area (Å²) in [4.78, 5) is 10.4. The number of anilines is 1. The first kappa shape index (κ1) is 12.9. The molecule has 0 aliphatic carbocycles. The third-order valence-electron chi connectivity index (χ3n) is 1.85. The summed E-state index contributed by atoms with van der Waals surface area (Å²) >= 11 is 0. The summed E-state index contributed by atoms with van der Waals surface area (Å²) in [7, 11) is 0. The molecule has 0 fully saturated rings. The Morgan fingerprint density at radius 3 is 2.94 bits per heavy atom. The highest BCUT2D eigenvalue weighted by molar-refractivity contribution is 5.74. The SMILES string of the molecule is N#Cc1cc(F)cc(NCCOCC(N)=O)c1. The molecule has 17 heavy (non-hydrogen) atoms. The zero-order valence-electron chi connectivity index (χ0n) is 9.07. The third kappa shape index (κ3) is 4.95. The van der Waals surface area contributed by atoms with Crippen molar-refractivity contribution in [2.75, 3.05) is 25.1 Å². The van der Waals surface area contributed by atoms with Gasteiger partial charge in [0.1, 0.15) is 12.4 Å². The second-order valence-electron chi connectivity index (χ2n) is 3.29. The minimum atomic E-state index is -0.539. The lowest BCUT2D eigenvalue weighted by molar-refractivity contribution is -0.122. The van der Waals surface area contributed by atoms with E-state index in [1.165, 1.54) is 12.1 Å². The van der Waals surface area contributed by atoms with E-state index in [2.05, 4.69) is 5.32 Å². The van der Waals surface area contributed by atoms with Gasteiger partial charge < -0.3 is 15.8 Å². The van der Waals surface area contributed by atoms with E-state index in [1.54, 1.807) is 0 Å². The van der Waals surface area contributed by atoms with Gasteiger partial charge in [-0.05, 0) is 18.2 Å². The first-order valence-electron chi connectivity index (χ1n) is 4.92. The lowest BCUT2D eigenvalue weighted by atomic mass is 10.2. The summed E-state index contributed by atoms with van der Waals surface area (Å²) in [5, 5.41) is 11.5. The molecular formula is C11H12FN3O2. The number of nitrogens with one attached hydrogen (secondary N) is 1. The molecular weight excluding hydrogens is 225 g/mol. The number of nitrogens with zero attached hydrogens (tertiary/aromatic N) is 1. The van der Waals surface area contributed by atoms with Crippen molar-refractivity contribution in [3.8, 4) is 6.07 Å². The molecule has 0 aliphatic heterocycles. The molecule has 6 heteroatoms. The van der Waals surface area contributed by atoms with E-state index in [-0.39, 0.29) is 18.8 Å². The quantitative estimate of drug-likeness (QED) is 0.709. The largest absolute Gasteiger partial charge is 0.383 e. The Labute approximate surface area is 98.0 Å². The van der Waals surface area contributed by atoms with Crippen LogP contribution in [0.15, 0.2) is 18.2 Å². The van der Waals surface area contributed by atoms with Crippen molar-refractivity contribution in [1.82, 2.24) is 0 Å². The Morgan fingerprint density at radius 1 is 1.53 bits per heavy atom. The highest BCUT2D eigenvalue weighted by atomic mass is 19.1. The zero-order chi connectivity index (χ0) is 12.7. The molecule has 0 saturated carbocycles. The number of carbonyl (C=O) groups excluding carboxylic acids is 1. The number of hydrogen-bond acceptors (Lipinski definition) is 4. The Hall–Kier alpha value is -2.13. The highest BCUT2D eigenvalue weighted by Crippen LogP contribution is 2.12. The second-order valence-corrected chi connectivity index (χ2v) is 3.29.